The zero-order valence-electron chi connectivity index (χ0n) is 25.2. The van der Waals surface area contributed by atoms with Crippen LogP contribution in [-0.2, 0) is 11.8 Å². The maximum absolute atomic E-state index is 6.75. The van der Waals surface area contributed by atoms with E-state index in [4.69, 9.17) is 4.74 Å². The summed E-state index contributed by atoms with van der Waals surface area (Å²) < 4.78 is 9.32. The van der Waals surface area contributed by atoms with Gasteiger partial charge in [-0.3, -0.25) is 0 Å². The molecule has 0 spiro atoms. The van der Waals surface area contributed by atoms with Crippen molar-refractivity contribution in [3.8, 4) is 5.75 Å². The maximum Gasteiger partial charge on any atom is 0.210 e. The summed E-state index contributed by atoms with van der Waals surface area (Å²) in [7, 11) is 0. The fraction of sp³-hybridized carbons (Fsp3) is 0.256. The molecule has 3 nitrogen and oxygen atoms in total. The highest BCUT2D eigenvalue weighted by Gasteiger charge is 2.49. The van der Waals surface area contributed by atoms with Crippen molar-refractivity contribution in [3.05, 3.63) is 126 Å². The molecule has 0 saturated heterocycles. The van der Waals surface area contributed by atoms with E-state index >= 15 is 0 Å². The second kappa shape index (κ2) is 10.5. The molecule has 0 radical (unpaired) electrons. The predicted octanol–water partition coefficient (Wildman–Crippen LogP) is 9.46. The van der Waals surface area contributed by atoms with Crippen molar-refractivity contribution < 1.29 is 9.31 Å². The quantitative estimate of drug-likeness (QED) is 0.187. The molecule has 0 aliphatic carbocycles. The van der Waals surface area contributed by atoms with Crippen LogP contribution in [0.1, 0.15) is 50.3 Å². The van der Waals surface area contributed by atoms with Crippen molar-refractivity contribution >= 4 is 38.6 Å². The highest BCUT2D eigenvalue weighted by molar-refractivity contribution is 6.08. The summed E-state index contributed by atoms with van der Waals surface area (Å²) >= 11 is 0. The molecule has 2 heterocycles. The summed E-state index contributed by atoms with van der Waals surface area (Å²) in [6, 6.07) is 35.6. The lowest BCUT2D eigenvalue weighted by Crippen LogP contribution is -2.35. The molecule has 7 rings (SSSR count). The Hall–Kier alpha value is -4.37. The highest BCUT2D eigenvalue weighted by Crippen LogP contribution is 2.48. The number of fused-ring (bicyclic) bond motifs is 5. The molecule has 210 valence electrons. The highest BCUT2D eigenvalue weighted by atomic mass is 16.5. The topological polar surface area (TPSA) is 15.5 Å². The van der Waals surface area contributed by atoms with Crippen LogP contribution in [-0.4, -0.2) is 23.4 Å². The minimum Gasteiger partial charge on any atom is -0.438 e. The van der Waals surface area contributed by atoms with E-state index in [1.807, 2.05) is 0 Å². The van der Waals surface area contributed by atoms with Crippen LogP contribution in [0.15, 0.2) is 109 Å². The normalized spacial score (nSPS) is 18.7. The number of ether oxygens (including phenoxy) is 1. The number of allylic oxidation sites excluding steroid dienone is 1. The first-order valence-corrected chi connectivity index (χ1v) is 15.4. The van der Waals surface area contributed by atoms with Crippen LogP contribution in [0.25, 0.3) is 21.5 Å². The molecule has 0 fully saturated rings. The SMILES string of the molecule is CCCN1/C(=C/C2=[N+](CCC)c3ccc4ccccc4c3C2(C)Cc2ccc(C)cc2)Oc2cc3ccccc3cc21. The van der Waals surface area contributed by atoms with E-state index in [1.54, 1.807) is 0 Å². The lowest BCUT2D eigenvalue weighted by Gasteiger charge is -2.25. The largest absolute Gasteiger partial charge is 0.438 e. The Morgan fingerprint density at radius 1 is 0.810 bits per heavy atom. The molecule has 0 N–H and O–H groups in total. The molecular formula is C39H39N2O+. The Bertz CT molecular complexity index is 1880. The van der Waals surface area contributed by atoms with Crippen LogP contribution in [0.3, 0.4) is 0 Å². The molecule has 0 saturated carbocycles. The molecular weight excluding hydrogens is 512 g/mol. The number of nitrogens with zero attached hydrogens (tertiary/aromatic N) is 2. The van der Waals surface area contributed by atoms with Gasteiger partial charge in [0.15, 0.2) is 11.5 Å². The van der Waals surface area contributed by atoms with Crippen molar-refractivity contribution in [2.45, 2.75) is 52.4 Å². The van der Waals surface area contributed by atoms with Crippen LogP contribution in [0.2, 0.25) is 0 Å². The van der Waals surface area contributed by atoms with E-state index in [9.17, 15) is 0 Å². The first-order chi connectivity index (χ1) is 20.5. The van der Waals surface area contributed by atoms with Crippen LogP contribution in [0.4, 0.5) is 11.4 Å². The van der Waals surface area contributed by atoms with Gasteiger partial charge in [0.25, 0.3) is 0 Å². The lowest BCUT2D eigenvalue weighted by molar-refractivity contribution is -0.437. The number of benzene rings is 5. The minimum atomic E-state index is -0.242. The Labute approximate surface area is 249 Å². The van der Waals surface area contributed by atoms with Gasteiger partial charge in [0, 0.05) is 24.6 Å². The van der Waals surface area contributed by atoms with Crippen molar-refractivity contribution in [2.24, 2.45) is 0 Å². The van der Waals surface area contributed by atoms with Crippen LogP contribution < -0.4 is 9.64 Å². The third kappa shape index (κ3) is 4.30. The first kappa shape index (κ1) is 26.5. The van der Waals surface area contributed by atoms with Gasteiger partial charge in [-0.25, -0.2) is 0 Å². The average Bonchev–Trinajstić information content (AvgIpc) is 3.45. The number of aryl methyl sites for hydroxylation is 1. The molecule has 1 atom stereocenters. The van der Waals surface area contributed by atoms with E-state index in [0.717, 1.165) is 49.7 Å². The molecule has 2 aliphatic rings. The molecule has 5 aromatic carbocycles. The van der Waals surface area contributed by atoms with Gasteiger partial charge in [0.05, 0.1) is 17.2 Å². The molecule has 5 aromatic rings. The van der Waals surface area contributed by atoms with Gasteiger partial charge < -0.3 is 9.64 Å². The zero-order valence-corrected chi connectivity index (χ0v) is 25.2. The Kier molecular flexibility index (Phi) is 6.61. The van der Waals surface area contributed by atoms with Crippen LogP contribution in [0.5, 0.6) is 5.75 Å². The van der Waals surface area contributed by atoms with Gasteiger partial charge in [-0.2, -0.15) is 4.58 Å². The number of hydrogen-bond donors (Lipinski definition) is 0. The van der Waals surface area contributed by atoms with E-state index in [2.05, 4.69) is 140 Å². The van der Waals surface area contributed by atoms with E-state index < -0.39 is 0 Å². The zero-order chi connectivity index (χ0) is 28.8. The van der Waals surface area contributed by atoms with Crippen LogP contribution in [0, 0.1) is 6.92 Å². The maximum atomic E-state index is 6.75. The fourth-order valence-corrected chi connectivity index (χ4v) is 7.08. The summed E-state index contributed by atoms with van der Waals surface area (Å²) in [5.74, 6) is 1.86. The van der Waals surface area contributed by atoms with Crippen molar-refractivity contribution in [1.82, 2.24) is 0 Å². The first-order valence-electron chi connectivity index (χ1n) is 15.4. The second-order valence-electron chi connectivity index (χ2n) is 12.1. The number of rotatable bonds is 7. The lowest BCUT2D eigenvalue weighted by atomic mass is 9.73. The summed E-state index contributed by atoms with van der Waals surface area (Å²) in [5.41, 5.74) is 7.61. The monoisotopic (exact) mass is 551 g/mol. The van der Waals surface area contributed by atoms with Gasteiger partial charge in [-0.1, -0.05) is 92.2 Å². The Morgan fingerprint density at radius 2 is 1.52 bits per heavy atom. The third-order valence-electron chi connectivity index (χ3n) is 9.04. The number of anilines is 1. The second-order valence-corrected chi connectivity index (χ2v) is 12.1. The van der Waals surface area contributed by atoms with Gasteiger partial charge >= 0.3 is 0 Å². The predicted molar refractivity (Wildman–Crippen MR) is 177 cm³/mol. The Balaban J connectivity index is 1.44. The Morgan fingerprint density at radius 3 is 2.26 bits per heavy atom. The summed E-state index contributed by atoms with van der Waals surface area (Å²) in [5, 5.41) is 5.08. The van der Waals surface area contributed by atoms with Crippen molar-refractivity contribution in [3.63, 3.8) is 0 Å². The van der Waals surface area contributed by atoms with Crippen molar-refractivity contribution in [2.75, 3.05) is 18.0 Å². The smallest absolute Gasteiger partial charge is 0.210 e. The average molecular weight is 552 g/mol. The van der Waals surface area contributed by atoms with Gasteiger partial charge in [0.2, 0.25) is 11.6 Å². The third-order valence-corrected chi connectivity index (χ3v) is 9.04. The molecule has 42 heavy (non-hydrogen) atoms. The molecule has 1 unspecified atom stereocenters. The van der Waals surface area contributed by atoms with E-state index in [-0.39, 0.29) is 5.41 Å². The van der Waals surface area contributed by atoms with Crippen molar-refractivity contribution in [1.29, 1.82) is 0 Å². The fourth-order valence-electron chi connectivity index (χ4n) is 7.08. The summed E-state index contributed by atoms with van der Waals surface area (Å²) in [6.07, 6.45) is 5.37. The summed E-state index contributed by atoms with van der Waals surface area (Å²) in [4.78, 5) is 2.38. The number of hydrogen-bond acceptors (Lipinski definition) is 2. The molecule has 2 aliphatic heterocycles. The van der Waals surface area contributed by atoms with Gasteiger partial charge in [-0.05, 0) is 72.0 Å². The minimum absolute atomic E-state index is 0.242. The van der Waals surface area contributed by atoms with Crippen LogP contribution >= 0.6 is 0 Å². The standard InChI is InChI=1S/C39H39N2O/c1-5-21-40-33-20-19-29-11-9-10-14-32(29)38(33)39(4,26-28-17-15-27(3)16-18-28)36(40)25-37-41(22-6-2)34-23-30-12-7-8-13-31(30)24-35(34)42-37/h7-20,23-25H,5-6,21-22,26H2,1-4H3/q+1. The molecule has 0 amide bonds. The van der Waals surface area contributed by atoms with Gasteiger partial charge in [0.1, 0.15) is 6.54 Å². The van der Waals surface area contributed by atoms with E-state index in [0.29, 0.717) is 0 Å². The van der Waals surface area contributed by atoms with E-state index in [1.165, 1.54) is 49.6 Å². The molecule has 0 aromatic heterocycles. The molecule has 0 bridgehead atoms. The van der Waals surface area contributed by atoms with Gasteiger partial charge in [-0.15, -0.1) is 0 Å². The summed E-state index contributed by atoms with van der Waals surface area (Å²) in [6.45, 7) is 11.0. The molecule has 3 heteroatoms.